The SMILES string of the molecule is CC(=O)c1ccc(N2CCN(C(=O)C3CCCO3)CC2)cc1. The molecule has 1 unspecified atom stereocenters. The molecule has 0 saturated carbocycles. The number of piperazine rings is 1. The molecule has 5 nitrogen and oxygen atoms in total. The molecule has 5 heteroatoms. The second kappa shape index (κ2) is 6.48. The smallest absolute Gasteiger partial charge is 0.251 e. The lowest BCUT2D eigenvalue weighted by atomic mass is 10.1. The van der Waals surface area contributed by atoms with E-state index < -0.39 is 0 Å². The number of rotatable bonds is 3. The van der Waals surface area contributed by atoms with Crippen LogP contribution in [0.15, 0.2) is 24.3 Å². The molecule has 0 aliphatic carbocycles. The van der Waals surface area contributed by atoms with Crippen LogP contribution in [0.4, 0.5) is 5.69 Å². The Morgan fingerprint density at radius 2 is 1.77 bits per heavy atom. The van der Waals surface area contributed by atoms with Crippen molar-refractivity contribution in [2.75, 3.05) is 37.7 Å². The first-order valence-corrected chi connectivity index (χ1v) is 7.91. The number of carbonyl (C=O) groups is 2. The molecule has 2 heterocycles. The van der Waals surface area contributed by atoms with E-state index in [-0.39, 0.29) is 17.8 Å². The van der Waals surface area contributed by atoms with Gasteiger partial charge in [0.05, 0.1) is 0 Å². The highest BCUT2D eigenvalue weighted by Gasteiger charge is 2.30. The van der Waals surface area contributed by atoms with Gasteiger partial charge in [-0.15, -0.1) is 0 Å². The number of benzene rings is 1. The van der Waals surface area contributed by atoms with Crippen LogP contribution in [0.1, 0.15) is 30.1 Å². The van der Waals surface area contributed by atoms with Crippen LogP contribution in [0.5, 0.6) is 0 Å². The molecule has 2 aliphatic heterocycles. The maximum atomic E-state index is 12.3. The van der Waals surface area contributed by atoms with Crippen molar-refractivity contribution in [1.29, 1.82) is 0 Å². The van der Waals surface area contributed by atoms with E-state index in [0.29, 0.717) is 6.61 Å². The van der Waals surface area contributed by atoms with Crippen molar-refractivity contribution in [1.82, 2.24) is 4.90 Å². The van der Waals surface area contributed by atoms with E-state index in [9.17, 15) is 9.59 Å². The molecule has 1 atom stereocenters. The molecular formula is C17H22N2O3. The van der Waals surface area contributed by atoms with Gasteiger partial charge in [0.2, 0.25) is 0 Å². The summed E-state index contributed by atoms with van der Waals surface area (Å²) >= 11 is 0. The van der Waals surface area contributed by atoms with Gasteiger partial charge in [-0.2, -0.15) is 0 Å². The number of Topliss-reactive ketones (excluding diaryl/α,β-unsaturated/α-hetero) is 1. The van der Waals surface area contributed by atoms with Crippen molar-refractivity contribution in [3.8, 4) is 0 Å². The third kappa shape index (κ3) is 3.14. The zero-order valence-corrected chi connectivity index (χ0v) is 13.0. The van der Waals surface area contributed by atoms with Gasteiger partial charge in [0.25, 0.3) is 5.91 Å². The highest BCUT2D eigenvalue weighted by Crippen LogP contribution is 2.20. The second-order valence-electron chi connectivity index (χ2n) is 5.92. The molecule has 0 N–H and O–H groups in total. The molecule has 1 aromatic carbocycles. The van der Waals surface area contributed by atoms with E-state index in [1.165, 1.54) is 0 Å². The minimum atomic E-state index is -0.221. The van der Waals surface area contributed by atoms with Crippen LogP contribution in [0, 0.1) is 0 Å². The first-order chi connectivity index (χ1) is 10.6. The number of nitrogens with zero attached hydrogens (tertiary/aromatic N) is 2. The molecule has 0 aromatic heterocycles. The Labute approximate surface area is 130 Å². The van der Waals surface area contributed by atoms with Crippen molar-refractivity contribution in [3.63, 3.8) is 0 Å². The first kappa shape index (κ1) is 15.0. The van der Waals surface area contributed by atoms with Gasteiger partial charge < -0.3 is 14.5 Å². The largest absolute Gasteiger partial charge is 0.368 e. The van der Waals surface area contributed by atoms with E-state index in [4.69, 9.17) is 4.74 Å². The Hall–Kier alpha value is -1.88. The zero-order chi connectivity index (χ0) is 15.5. The predicted molar refractivity (Wildman–Crippen MR) is 84.2 cm³/mol. The quantitative estimate of drug-likeness (QED) is 0.798. The fraction of sp³-hybridized carbons (Fsp3) is 0.529. The summed E-state index contributed by atoms with van der Waals surface area (Å²) in [4.78, 5) is 27.8. The average molecular weight is 302 g/mol. The Kier molecular flexibility index (Phi) is 4.43. The van der Waals surface area contributed by atoms with E-state index in [2.05, 4.69) is 4.90 Å². The third-order valence-electron chi connectivity index (χ3n) is 4.44. The van der Waals surface area contributed by atoms with Crippen molar-refractivity contribution in [2.24, 2.45) is 0 Å². The summed E-state index contributed by atoms with van der Waals surface area (Å²) in [6, 6.07) is 7.69. The summed E-state index contributed by atoms with van der Waals surface area (Å²) in [5, 5.41) is 0. The molecule has 1 amide bonds. The molecule has 3 rings (SSSR count). The minimum absolute atomic E-state index is 0.0820. The Morgan fingerprint density at radius 1 is 1.09 bits per heavy atom. The van der Waals surface area contributed by atoms with Crippen LogP contribution in [0.2, 0.25) is 0 Å². The van der Waals surface area contributed by atoms with E-state index in [1.54, 1.807) is 6.92 Å². The van der Waals surface area contributed by atoms with E-state index in [0.717, 1.165) is 50.3 Å². The number of amides is 1. The first-order valence-electron chi connectivity index (χ1n) is 7.91. The van der Waals surface area contributed by atoms with Crippen LogP contribution in [0.3, 0.4) is 0 Å². The standard InChI is InChI=1S/C17H22N2O3/c1-13(20)14-4-6-15(7-5-14)18-8-10-19(11-9-18)17(21)16-3-2-12-22-16/h4-7,16H,2-3,8-12H2,1H3. The van der Waals surface area contributed by atoms with Crippen LogP contribution in [-0.2, 0) is 9.53 Å². The number of hydrogen-bond donors (Lipinski definition) is 0. The third-order valence-corrected chi connectivity index (χ3v) is 4.44. The summed E-state index contributed by atoms with van der Waals surface area (Å²) < 4.78 is 5.48. The molecule has 0 spiro atoms. The summed E-state index contributed by atoms with van der Waals surface area (Å²) in [5.74, 6) is 0.225. The average Bonchev–Trinajstić information content (AvgIpc) is 3.09. The van der Waals surface area contributed by atoms with Gasteiger partial charge in [-0.05, 0) is 44.0 Å². The molecule has 1 aromatic rings. The van der Waals surface area contributed by atoms with Crippen LogP contribution in [0.25, 0.3) is 0 Å². The lowest BCUT2D eigenvalue weighted by Gasteiger charge is -2.37. The lowest BCUT2D eigenvalue weighted by Crippen LogP contribution is -2.51. The van der Waals surface area contributed by atoms with Gasteiger partial charge in [0.15, 0.2) is 5.78 Å². The second-order valence-corrected chi connectivity index (χ2v) is 5.92. The maximum Gasteiger partial charge on any atom is 0.251 e. The molecule has 22 heavy (non-hydrogen) atoms. The van der Waals surface area contributed by atoms with Crippen molar-refractivity contribution < 1.29 is 14.3 Å². The molecule has 0 bridgehead atoms. The van der Waals surface area contributed by atoms with Gasteiger partial charge in [-0.3, -0.25) is 9.59 Å². The zero-order valence-electron chi connectivity index (χ0n) is 13.0. The van der Waals surface area contributed by atoms with Gasteiger partial charge >= 0.3 is 0 Å². The molecule has 2 aliphatic rings. The Balaban J connectivity index is 1.57. The predicted octanol–water partition coefficient (Wildman–Crippen LogP) is 1.72. The fourth-order valence-corrected chi connectivity index (χ4v) is 3.07. The molecule has 2 fully saturated rings. The summed E-state index contributed by atoms with van der Waals surface area (Å²) in [6.45, 7) is 5.37. The number of ether oxygens (including phenoxy) is 1. The van der Waals surface area contributed by atoms with Crippen molar-refractivity contribution in [2.45, 2.75) is 25.9 Å². The maximum absolute atomic E-state index is 12.3. The monoisotopic (exact) mass is 302 g/mol. The number of hydrogen-bond acceptors (Lipinski definition) is 4. The van der Waals surface area contributed by atoms with Crippen molar-refractivity contribution in [3.05, 3.63) is 29.8 Å². The van der Waals surface area contributed by atoms with Gasteiger partial charge in [-0.1, -0.05) is 0 Å². The van der Waals surface area contributed by atoms with Crippen LogP contribution >= 0.6 is 0 Å². The summed E-state index contributed by atoms with van der Waals surface area (Å²) in [7, 11) is 0. The number of anilines is 1. The molecule has 0 radical (unpaired) electrons. The van der Waals surface area contributed by atoms with Crippen molar-refractivity contribution >= 4 is 17.4 Å². The van der Waals surface area contributed by atoms with Gasteiger partial charge in [0.1, 0.15) is 6.10 Å². The van der Waals surface area contributed by atoms with Crippen LogP contribution < -0.4 is 4.90 Å². The van der Waals surface area contributed by atoms with Gasteiger partial charge in [-0.25, -0.2) is 0 Å². The topological polar surface area (TPSA) is 49.9 Å². The summed E-state index contributed by atoms with van der Waals surface area (Å²) in [6.07, 6.45) is 1.62. The van der Waals surface area contributed by atoms with Gasteiger partial charge in [0, 0.05) is 44.0 Å². The Morgan fingerprint density at radius 3 is 2.32 bits per heavy atom. The molecule has 118 valence electrons. The van der Waals surface area contributed by atoms with E-state index in [1.807, 2.05) is 29.2 Å². The number of carbonyl (C=O) groups excluding carboxylic acids is 2. The molecule has 2 saturated heterocycles. The number of ketones is 1. The molecular weight excluding hydrogens is 280 g/mol. The fourth-order valence-electron chi connectivity index (χ4n) is 3.07. The highest BCUT2D eigenvalue weighted by atomic mass is 16.5. The minimum Gasteiger partial charge on any atom is -0.368 e. The highest BCUT2D eigenvalue weighted by molar-refractivity contribution is 5.94. The van der Waals surface area contributed by atoms with Crippen LogP contribution in [-0.4, -0.2) is 55.5 Å². The Bertz CT molecular complexity index is 542. The normalized spacial score (nSPS) is 22.0. The summed E-state index contributed by atoms with van der Waals surface area (Å²) in [5.41, 5.74) is 1.84. The van der Waals surface area contributed by atoms with E-state index >= 15 is 0 Å². The lowest BCUT2D eigenvalue weighted by molar-refractivity contribution is -0.141.